The van der Waals surface area contributed by atoms with Crippen LogP contribution in [0.1, 0.15) is 5.56 Å². The van der Waals surface area contributed by atoms with Crippen molar-refractivity contribution in [3.8, 4) is 0 Å². The summed E-state index contributed by atoms with van der Waals surface area (Å²) in [5.41, 5.74) is 1.81. The summed E-state index contributed by atoms with van der Waals surface area (Å²) in [7, 11) is 0. The summed E-state index contributed by atoms with van der Waals surface area (Å²) in [5.74, 6) is 0. The summed E-state index contributed by atoms with van der Waals surface area (Å²) in [6, 6.07) is 7.46. The Bertz CT molecular complexity index is 468. The first kappa shape index (κ1) is 9.49. The average Bonchev–Trinajstić information content (AvgIpc) is 2.18. The quantitative estimate of drug-likeness (QED) is 0.667. The van der Waals surface area contributed by atoms with E-state index in [4.69, 9.17) is 0 Å². The predicted octanol–water partition coefficient (Wildman–Crippen LogP) is 2.15. The second-order valence-corrected chi connectivity index (χ2v) is 4.48. The van der Waals surface area contributed by atoms with Gasteiger partial charge in [-0.25, -0.2) is 0 Å². The van der Waals surface area contributed by atoms with Gasteiger partial charge in [-0.3, -0.25) is 4.98 Å². The van der Waals surface area contributed by atoms with Gasteiger partial charge in [0.2, 0.25) is 0 Å². The molecular weight excluding hydrogens is 194 g/mol. The minimum atomic E-state index is -0.949. The van der Waals surface area contributed by atoms with Crippen LogP contribution in [0.2, 0.25) is 0 Å². The maximum Gasteiger partial charge on any atom is 0.153 e. The normalized spacial score (nSPS) is 13.1. The van der Waals surface area contributed by atoms with Crippen molar-refractivity contribution in [3.63, 3.8) is 0 Å². The lowest BCUT2D eigenvalue weighted by atomic mass is 10.1. The molecule has 0 bridgehead atoms. The van der Waals surface area contributed by atoms with Crippen molar-refractivity contribution in [2.45, 2.75) is 4.90 Å². The maximum absolute atomic E-state index is 11.3. The Labute approximate surface area is 86.2 Å². The third-order valence-corrected chi connectivity index (χ3v) is 3.05. The zero-order valence-corrected chi connectivity index (χ0v) is 8.67. The number of nitrogens with zero attached hydrogens (tertiary/aromatic N) is 1. The van der Waals surface area contributed by atoms with Crippen molar-refractivity contribution in [3.05, 3.63) is 42.9 Å². The fourth-order valence-corrected chi connectivity index (χ4v) is 1.90. The first-order valence-corrected chi connectivity index (χ1v) is 5.78. The van der Waals surface area contributed by atoms with E-state index in [1.165, 1.54) is 0 Å². The predicted molar refractivity (Wildman–Crippen MR) is 58.5 cm³/mol. The maximum atomic E-state index is 11.3. The van der Waals surface area contributed by atoms with Crippen molar-refractivity contribution in [2.24, 2.45) is 0 Å². The van der Waals surface area contributed by atoms with E-state index in [1.54, 1.807) is 12.5 Å². The van der Waals surface area contributed by atoms with Gasteiger partial charge in [0.05, 0.1) is 5.52 Å². The molecule has 1 atom stereocenters. The molecule has 0 N–H and O–H groups in total. The highest BCUT2D eigenvalue weighted by Gasteiger charge is 2.06. The van der Waals surface area contributed by atoms with E-state index in [1.807, 2.05) is 24.3 Å². The molecule has 1 radical (unpaired) electrons. The lowest BCUT2D eigenvalue weighted by Crippen LogP contribution is -1.97. The fourth-order valence-electron chi connectivity index (χ4n) is 1.36. The first-order valence-electron chi connectivity index (χ1n) is 4.22. The summed E-state index contributed by atoms with van der Waals surface area (Å²) >= 11 is -0.949. The monoisotopic (exact) mass is 204 g/mol. The zero-order chi connectivity index (χ0) is 10.1. The number of rotatable bonds is 1. The Hall–Kier alpha value is -1.06. The van der Waals surface area contributed by atoms with Crippen LogP contribution in [-0.2, 0) is 11.2 Å². The van der Waals surface area contributed by atoms with Crippen LogP contribution in [0.3, 0.4) is 0 Å². The van der Waals surface area contributed by atoms with Crippen LogP contribution in [0.15, 0.2) is 35.4 Å². The summed E-state index contributed by atoms with van der Waals surface area (Å²) < 4.78 is 11.3. The van der Waals surface area contributed by atoms with Crippen LogP contribution in [-0.4, -0.2) is 15.8 Å². The van der Waals surface area contributed by atoms with Gasteiger partial charge in [-0.15, -0.1) is 0 Å². The molecule has 14 heavy (non-hydrogen) atoms. The molecule has 0 aliphatic rings. The third-order valence-electron chi connectivity index (χ3n) is 2.14. The summed E-state index contributed by atoms with van der Waals surface area (Å²) in [5, 5.41) is 0.972. The van der Waals surface area contributed by atoms with Crippen LogP contribution in [0.4, 0.5) is 0 Å². The molecule has 0 fully saturated rings. The first-order chi connectivity index (χ1) is 6.68. The Morgan fingerprint density at radius 2 is 2.14 bits per heavy atom. The van der Waals surface area contributed by atoms with Gasteiger partial charge in [-0.05, 0) is 41.9 Å². The molecule has 71 valence electrons. The lowest BCUT2D eigenvalue weighted by molar-refractivity contribution is 0.601. The molecule has 2 aromatic rings. The Kier molecular flexibility index (Phi) is 2.44. The van der Waals surface area contributed by atoms with Gasteiger partial charge in [0.25, 0.3) is 0 Å². The number of aromatic nitrogens is 1. The Balaban J connectivity index is 2.70. The van der Waals surface area contributed by atoms with E-state index in [-0.39, 0.29) is 0 Å². The molecule has 0 amide bonds. The van der Waals surface area contributed by atoms with Gasteiger partial charge >= 0.3 is 0 Å². The van der Waals surface area contributed by atoms with Crippen molar-refractivity contribution in [2.75, 3.05) is 6.26 Å². The lowest BCUT2D eigenvalue weighted by Gasteiger charge is -2.06. The van der Waals surface area contributed by atoms with Crippen LogP contribution in [0, 0.1) is 6.92 Å². The topological polar surface area (TPSA) is 36.0 Å². The van der Waals surface area contributed by atoms with Gasteiger partial charge in [-0.1, -0.05) is 0 Å². The van der Waals surface area contributed by atoms with Gasteiger partial charge in [0.15, 0.2) is 4.90 Å². The van der Waals surface area contributed by atoms with Crippen molar-refractivity contribution < 1.29 is 4.55 Å². The Morgan fingerprint density at radius 3 is 2.86 bits per heavy atom. The second kappa shape index (κ2) is 3.59. The van der Waals surface area contributed by atoms with E-state index in [0.29, 0.717) is 0 Å². The number of hydrogen-bond acceptors (Lipinski definition) is 2. The highest BCUT2D eigenvalue weighted by atomic mass is 32.2. The number of pyridine rings is 1. The molecule has 1 unspecified atom stereocenters. The van der Waals surface area contributed by atoms with Crippen molar-refractivity contribution in [1.82, 2.24) is 4.98 Å². The molecule has 0 aliphatic heterocycles. The van der Waals surface area contributed by atoms with Crippen LogP contribution >= 0.6 is 0 Å². The van der Waals surface area contributed by atoms with Gasteiger partial charge in [-0.2, -0.15) is 0 Å². The molecule has 1 aromatic heterocycles. The highest BCUT2D eigenvalue weighted by Crippen LogP contribution is 2.20. The molecule has 2 rings (SSSR count). The minimum absolute atomic E-state index is 0.815. The molecule has 0 aliphatic carbocycles. The summed E-state index contributed by atoms with van der Waals surface area (Å²) in [6.07, 6.45) is 3.40. The van der Waals surface area contributed by atoms with E-state index in [9.17, 15) is 4.55 Å². The fraction of sp³-hybridized carbons (Fsp3) is 0.0909. The van der Waals surface area contributed by atoms with Crippen LogP contribution < -0.4 is 0 Å². The van der Waals surface area contributed by atoms with E-state index in [0.717, 1.165) is 21.4 Å². The van der Waals surface area contributed by atoms with Gasteiger partial charge in [0, 0.05) is 17.6 Å². The second-order valence-electron chi connectivity index (χ2n) is 3.10. The van der Waals surface area contributed by atoms with Crippen molar-refractivity contribution in [1.29, 1.82) is 0 Å². The Morgan fingerprint density at radius 1 is 1.36 bits per heavy atom. The number of benzene rings is 1. The zero-order valence-electron chi connectivity index (χ0n) is 7.86. The molecule has 1 aromatic carbocycles. The number of fused-ring (bicyclic) bond motifs is 1. The van der Waals surface area contributed by atoms with Crippen LogP contribution in [0.5, 0.6) is 0 Å². The SMILES string of the molecule is [CH2]c1ccnc2ccc([S+](C)[O-])cc12. The van der Waals surface area contributed by atoms with E-state index < -0.39 is 11.2 Å². The van der Waals surface area contributed by atoms with Gasteiger partial charge in [0.1, 0.15) is 6.26 Å². The number of hydrogen-bond donors (Lipinski definition) is 0. The minimum Gasteiger partial charge on any atom is -0.612 e. The average molecular weight is 204 g/mol. The summed E-state index contributed by atoms with van der Waals surface area (Å²) in [6.45, 7) is 3.91. The van der Waals surface area contributed by atoms with E-state index >= 15 is 0 Å². The van der Waals surface area contributed by atoms with Crippen molar-refractivity contribution >= 4 is 22.1 Å². The molecule has 0 saturated carbocycles. The van der Waals surface area contributed by atoms with E-state index in [2.05, 4.69) is 11.9 Å². The molecule has 0 saturated heterocycles. The standard InChI is InChI=1S/C11H10NOS/c1-8-5-6-12-11-4-3-9(14(2)13)7-10(8)11/h3-7H,1H2,2H3. The smallest absolute Gasteiger partial charge is 0.153 e. The highest BCUT2D eigenvalue weighted by molar-refractivity contribution is 7.90. The summed E-state index contributed by atoms with van der Waals surface area (Å²) in [4.78, 5) is 5.02. The largest absolute Gasteiger partial charge is 0.612 e. The third kappa shape index (κ3) is 1.61. The molecule has 2 nitrogen and oxygen atoms in total. The molecule has 1 heterocycles. The van der Waals surface area contributed by atoms with Gasteiger partial charge < -0.3 is 4.55 Å². The van der Waals surface area contributed by atoms with Crippen LogP contribution in [0.25, 0.3) is 10.9 Å². The molecule has 0 spiro atoms. The molecular formula is C11H10NOS. The molecule has 3 heteroatoms.